The molecule has 0 saturated heterocycles. The van der Waals surface area contributed by atoms with Crippen LogP contribution in [0.3, 0.4) is 0 Å². The highest BCUT2D eigenvalue weighted by Gasteiger charge is 2.25. The monoisotopic (exact) mass is 523 g/mol. The Morgan fingerprint density at radius 1 is 1.14 bits per heavy atom. The maximum atomic E-state index is 13.1. The number of nitriles is 1. The van der Waals surface area contributed by atoms with Gasteiger partial charge in [0.05, 0.1) is 21.5 Å². The molecular formula is C26H26ClN5O5. The van der Waals surface area contributed by atoms with Crippen molar-refractivity contribution >= 4 is 45.7 Å². The molecule has 1 unspecified atom stereocenters. The summed E-state index contributed by atoms with van der Waals surface area (Å²) in [4.78, 5) is 50.6. The van der Waals surface area contributed by atoms with Gasteiger partial charge in [0.25, 0.3) is 11.5 Å². The predicted octanol–water partition coefficient (Wildman–Crippen LogP) is 2.84. The van der Waals surface area contributed by atoms with Gasteiger partial charge in [0, 0.05) is 30.9 Å². The Hall–Kier alpha value is -3.94. The number of aryl methyl sites for hydroxylation is 1. The minimum atomic E-state index is -1.47. The average Bonchev–Trinajstić information content (AvgIpc) is 3.70. The molecule has 1 aliphatic carbocycles. The minimum absolute atomic E-state index is 0.140. The molecule has 0 aliphatic heterocycles. The normalized spacial score (nSPS) is 13.7. The van der Waals surface area contributed by atoms with Crippen LogP contribution in [0.5, 0.6) is 0 Å². The third-order valence-electron chi connectivity index (χ3n) is 6.27. The van der Waals surface area contributed by atoms with Crippen molar-refractivity contribution in [3.63, 3.8) is 0 Å². The molecule has 4 rings (SSSR count). The number of fused-ring (bicyclic) bond motifs is 1. The summed E-state index contributed by atoms with van der Waals surface area (Å²) in [5.41, 5.74) is 0.683. The number of nitrogens with zero attached hydrogens (tertiary/aromatic N) is 3. The van der Waals surface area contributed by atoms with Crippen molar-refractivity contribution in [1.29, 1.82) is 5.26 Å². The average molecular weight is 524 g/mol. The Kier molecular flexibility index (Phi) is 7.76. The molecule has 0 bridgehead atoms. The van der Waals surface area contributed by atoms with Gasteiger partial charge >= 0.3 is 5.69 Å². The summed E-state index contributed by atoms with van der Waals surface area (Å²) in [5, 5.41) is 24.9. The molecule has 1 aliphatic rings. The summed E-state index contributed by atoms with van der Waals surface area (Å²) in [6.45, 7) is 2.59. The predicted molar refractivity (Wildman–Crippen MR) is 140 cm³/mol. The van der Waals surface area contributed by atoms with Crippen molar-refractivity contribution < 1.29 is 14.7 Å². The Morgan fingerprint density at radius 3 is 2.49 bits per heavy atom. The second-order valence-electron chi connectivity index (χ2n) is 9.02. The van der Waals surface area contributed by atoms with Crippen molar-refractivity contribution in [2.24, 2.45) is 5.92 Å². The van der Waals surface area contributed by atoms with Crippen LogP contribution in [0.1, 0.15) is 38.2 Å². The molecule has 1 heterocycles. The van der Waals surface area contributed by atoms with Gasteiger partial charge in [-0.2, -0.15) is 5.26 Å². The first-order chi connectivity index (χ1) is 17.7. The zero-order valence-electron chi connectivity index (χ0n) is 20.2. The summed E-state index contributed by atoms with van der Waals surface area (Å²) < 4.78 is 2.78. The van der Waals surface area contributed by atoms with Gasteiger partial charge in [0.2, 0.25) is 5.91 Å². The van der Waals surface area contributed by atoms with Crippen molar-refractivity contribution in [2.45, 2.75) is 51.8 Å². The van der Waals surface area contributed by atoms with E-state index in [1.54, 1.807) is 12.1 Å². The molecule has 3 N–H and O–H groups in total. The van der Waals surface area contributed by atoms with Crippen LogP contribution in [0, 0.1) is 17.2 Å². The molecule has 1 saturated carbocycles. The molecular weight excluding hydrogens is 498 g/mol. The van der Waals surface area contributed by atoms with Gasteiger partial charge < -0.3 is 15.7 Å². The van der Waals surface area contributed by atoms with Gasteiger partial charge in [0.1, 0.15) is 12.2 Å². The molecule has 192 valence electrons. The Bertz CT molecular complexity index is 1530. The van der Waals surface area contributed by atoms with Gasteiger partial charge in [0.15, 0.2) is 0 Å². The highest BCUT2D eigenvalue weighted by molar-refractivity contribution is 6.32. The lowest BCUT2D eigenvalue weighted by molar-refractivity contribution is -0.125. The quantitative estimate of drug-likeness (QED) is 0.393. The van der Waals surface area contributed by atoms with Crippen LogP contribution in [0.2, 0.25) is 5.02 Å². The number of halogens is 1. The molecule has 3 aromatic rings. The third-order valence-corrected chi connectivity index (χ3v) is 6.58. The van der Waals surface area contributed by atoms with Crippen LogP contribution in [0.4, 0.5) is 11.4 Å². The number of nitrogens with one attached hydrogen (secondary N) is 2. The van der Waals surface area contributed by atoms with E-state index in [2.05, 4.69) is 10.6 Å². The fourth-order valence-electron chi connectivity index (χ4n) is 4.06. The van der Waals surface area contributed by atoms with Crippen molar-refractivity contribution in [2.75, 3.05) is 10.6 Å². The molecule has 1 atom stereocenters. The molecule has 1 aromatic heterocycles. The lowest BCUT2D eigenvalue weighted by atomic mass is 10.1. The van der Waals surface area contributed by atoms with E-state index in [9.17, 15) is 24.3 Å². The van der Waals surface area contributed by atoms with Crippen LogP contribution in [-0.4, -0.2) is 32.2 Å². The third kappa shape index (κ3) is 5.90. The topological polar surface area (TPSA) is 146 Å². The first-order valence-electron chi connectivity index (χ1n) is 12.0. The zero-order chi connectivity index (χ0) is 26.7. The second-order valence-corrected chi connectivity index (χ2v) is 9.42. The van der Waals surface area contributed by atoms with E-state index < -0.39 is 23.5 Å². The van der Waals surface area contributed by atoms with Gasteiger partial charge in [-0.25, -0.2) is 4.79 Å². The number of aromatic nitrogens is 2. The standard InChI is InChI=1S/C26H26ClN5O5/c1-2-31-21-8-7-17(11-19(21)25(36)32(26(31)37)14-15-3-4-15)30-24(35)22(33)9-10-23(34)29-18-6-5-16(13-28)20(27)12-18/h5-8,11-12,15,22,33H,2-4,9-10,14H2,1H3,(H,29,34)(H,30,35). The van der Waals surface area contributed by atoms with Crippen molar-refractivity contribution in [3.05, 3.63) is 67.8 Å². The summed E-state index contributed by atoms with van der Waals surface area (Å²) in [7, 11) is 0. The summed E-state index contributed by atoms with van der Waals surface area (Å²) in [6.07, 6.45) is 0.228. The molecule has 0 radical (unpaired) electrons. The fraction of sp³-hybridized carbons (Fsp3) is 0.346. The van der Waals surface area contributed by atoms with Crippen molar-refractivity contribution in [1.82, 2.24) is 9.13 Å². The maximum Gasteiger partial charge on any atom is 0.331 e. The largest absolute Gasteiger partial charge is 0.383 e. The highest BCUT2D eigenvalue weighted by atomic mass is 35.5. The summed E-state index contributed by atoms with van der Waals surface area (Å²) in [6, 6.07) is 11.0. The number of aliphatic hydroxyl groups is 1. The van der Waals surface area contributed by atoms with Gasteiger partial charge in [-0.3, -0.25) is 23.5 Å². The molecule has 11 heteroatoms. The Labute approximate surface area is 217 Å². The van der Waals surface area contributed by atoms with Gasteiger partial charge in [-0.05, 0) is 68.5 Å². The highest BCUT2D eigenvalue weighted by Crippen LogP contribution is 2.30. The number of carbonyl (C=O) groups is 2. The lowest BCUT2D eigenvalue weighted by Crippen LogP contribution is -2.40. The molecule has 2 amide bonds. The number of anilines is 2. The van der Waals surface area contributed by atoms with Crippen LogP contribution in [-0.2, 0) is 22.7 Å². The van der Waals surface area contributed by atoms with E-state index in [4.69, 9.17) is 16.9 Å². The molecule has 2 aromatic carbocycles. The number of hydrogen-bond donors (Lipinski definition) is 3. The molecule has 1 fully saturated rings. The minimum Gasteiger partial charge on any atom is -0.383 e. The van der Waals surface area contributed by atoms with E-state index in [1.165, 1.54) is 33.4 Å². The smallest absolute Gasteiger partial charge is 0.331 e. The summed E-state index contributed by atoms with van der Waals surface area (Å²) >= 11 is 5.96. The summed E-state index contributed by atoms with van der Waals surface area (Å²) in [5.74, 6) is -0.833. The fourth-order valence-corrected chi connectivity index (χ4v) is 4.28. The lowest BCUT2D eigenvalue weighted by Gasteiger charge is -2.15. The number of hydrogen-bond acceptors (Lipinski definition) is 6. The first-order valence-corrected chi connectivity index (χ1v) is 12.4. The Balaban J connectivity index is 1.42. The molecule has 0 spiro atoms. The van der Waals surface area contributed by atoms with Crippen molar-refractivity contribution in [3.8, 4) is 6.07 Å². The van der Waals surface area contributed by atoms with Gasteiger partial charge in [-0.15, -0.1) is 0 Å². The molecule has 37 heavy (non-hydrogen) atoms. The second kappa shape index (κ2) is 11.0. The zero-order valence-corrected chi connectivity index (χ0v) is 20.9. The van der Waals surface area contributed by atoms with E-state index in [-0.39, 0.29) is 29.1 Å². The number of aliphatic hydroxyl groups excluding tert-OH is 1. The number of carbonyl (C=O) groups excluding carboxylic acids is 2. The number of rotatable bonds is 9. The van der Waals surface area contributed by atoms with E-state index in [1.807, 2.05) is 13.0 Å². The van der Waals surface area contributed by atoms with Crippen LogP contribution in [0.25, 0.3) is 10.9 Å². The maximum absolute atomic E-state index is 13.1. The molecule has 10 nitrogen and oxygen atoms in total. The Morgan fingerprint density at radius 2 is 1.84 bits per heavy atom. The van der Waals surface area contributed by atoms with E-state index in [0.29, 0.717) is 41.3 Å². The van der Waals surface area contributed by atoms with E-state index >= 15 is 0 Å². The number of amides is 2. The first kappa shape index (κ1) is 26.1. The van der Waals surface area contributed by atoms with Crippen LogP contribution >= 0.6 is 11.6 Å². The van der Waals surface area contributed by atoms with Crippen LogP contribution in [0.15, 0.2) is 46.0 Å². The van der Waals surface area contributed by atoms with Gasteiger partial charge in [-0.1, -0.05) is 11.6 Å². The number of benzene rings is 2. The van der Waals surface area contributed by atoms with E-state index in [0.717, 1.165) is 12.8 Å². The SMILES string of the molecule is CCn1c(=O)n(CC2CC2)c(=O)c2cc(NC(=O)C(O)CCC(=O)Nc3ccc(C#N)c(Cl)c3)ccc21. The van der Waals surface area contributed by atoms with Crippen LogP contribution < -0.4 is 21.9 Å².